The SMILES string of the molecule is COC(=O)c1ccc(NC(=O)C(F)(F)C(F)(F)C(F)(F)C(F)(F)C(F)(F)C(F)(F)F)cc1. The van der Waals surface area contributed by atoms with Gasteiger partial charge >= 0.3 is 47.7 Å². The van der Waals surface area contributed by atoms with E-state index < -0.39 is 53.4 Å². The molecule has 4 nitrogen and oxygen atoms in total. The molecule has 17 heteroatoms. The Morgan fingerprint density at radius 2 is 1.09 bits per heavy atom. The number of carbonyl (C=O) groups excluding carboxylic acids is 2. The highest BCUT2D eigenvalue weighted by molar-refractivity contribution is 5.97. The van der Waals surface area contributed by atoms with Gasteiger partial charge in [0.2, 0.25) is 0 Å². The molecule has 0 spiro atoms. The summed E-state index contributed by atoms with van der Waals surface area (Å²) in [6, 6.07) is 2.60. The molecule has 0 unspecified atom stereocenters. The second-order valence-corrected chi connectivity index (χ2v) is 5.89. The summed E-state index contributed by atoms with van der Waals surface area (Å²) in [6.07, 6.45) is -7.55. The van der Waals surface area contributed by atoms with Crippen LogP contribution in [0.5, 0.6) is 0 Å². The fourth-order valence-corrected chi connectivity index (χ4v) is 1.93. The third-order valence-electron chi connectivity index (χ3n) is 3.78. The quantitative estimate of drug-likeness (QED) is 0.419. The van der Waals surface area contributed by atoms with Gasteiger partial charge in [0.25, 0.3) is 0 Å². The highest BCUT2D eigenvalue weighted by atomic mass is 19.4. The lowest BCUT2D eigenvalue weighted by Crippen LogP contribution is -2.71. The summed E-state index contributed by atoms with van der Waals surface area (Å²) in [5.41, 5.74) is -1.20. The predicted molar refractivity (Wildman–Crippen MR) is 77.2 cm³/mol. The Bertz CT molecular complexity index is 862. The third-order valence-corrected chi connectivity index (χ3v) is 3.78. The summed E-state index contributed by atoms with van der Waals surface area (Å²) in [7, 11) is 0.916. The number of benzene rings is 1. The first kappa shape index (κ1) is 27.3. The number of methoxy groups -OCH3 is 1. The Hall–Kier alpha value is -2.75. The van der Waals surface area contributed by atoms with Crippen LogP contribution in [0.25, 0.3) is 0 Å². The van der Waals surface area contributed by atoms with Gasteiger partial charge in [0.1, 0.15) is 0 Å². The van der Waals surface area contributed by atoms with Crippen molar-refractivity contribution in [3.05, 3.63) is 29.8 Å². The highest BCUT2D eigenvalue weighted by Gasteiger charge is 2.91. The van der Waals surface area contributed by atoms with Gasteiger partial charge < -0.3 is 10.1 Å². The van der Waals surface area contributed by atoms with Crippen LogP contribution in [-0.2, 0) is 9.53 Å². The third kappa shape index (κ3) is 4.03. The minimum atomic E-state index is -8.10. The number of hydrogen-bond acceptors (Lipinski definition) is 3. The monoisotopic (exact) mass is 497 g/mol. The van der Waals surface area contributed by atoms with Crippen molar-refractivity contribution in [1.82, 2.24) is 0 Å². The number of nitrogens with one attached hydrogen (secondary N) is 1. The number of anilines is 1. The van der Waals surface area contributed by atoms with Crippen molar-refractivity contribution in [2.24, 2.45) is 0 Å². The van der Waals surface area contributed by atoms with Crippen molar-refractivity contribution in [2.75, 3.05) is 12.4 Å². The van der Waals surface area contributed by atoms with Gasteiger partial charge in [-0.05, 0) is 24.3 Å². The van der Waals surface area contributed by atoms with Gasteiger partial charge in [0.15, 0.2) is 0 Å². The average Bonchev–Trinajstić information content (AvgIpc) is 2.66. The van der Waals surface area contributed by atoms with Crippen molar-refractivity contribution in [3.63, 3.8) is 0 Å². The molecule has 0 saturated carbocycles. The summed E-state index contributed by atoms with van der Waals surface area (Å²) in [5, 5.41) is 0.856. The van der Waals surface area contributed by atoms with E-state index in [0.717, 1.165) is 24.6 Å². The lowest BCUT2D eigenvalue weighted by Gasteiger charge is -2.39. The van der Waals surface area contributed by atoms with Gasteiger partial charge in [-0.25, -0.2) is 4.79 Å². The fourth-order valence-electron chi connectivity index (χ4n) is 1.93. The minimum absolute atomic E-state index is 0.289. The normalized spacial score (nSPS) is 14.2. The molecule has 0 radical (unpaired) electrons. The lowest BCUT2D eigenvalue weighted by atomic mass is 9.93. The summed E-state index contributed by atoms with van der Waals surface area (Å²) < 4.78 is 173. The zero-order valence-corrected chi connectivity index (χ0v) is 14.9. The number of hydrogen-bond donors (Lipinski definition) is 1. The summed E-state index contributed by atoms with van der Waals surface area (Å²) >= 11 is 0. The summed E-state index contributed by atoms with van der Waals surface area (Å²) in [5.74, 6) is -43.2. The van der Waals surface area contributed by atoms with Crippen LogP contribution in [0.2, 0.25) is 0 Å². The number of alkyl halides is 13. The van der Waals surface area contributed by atoms with Crippen molar-refractivity contribution in [3.8, 4) is 0 Å². The second kappa shape index (κ2) is 7.99. The molecule has 0 atom stereocenters. The molecule has 0 aliphatic rings. The zero-order valence-electron chi connectivity index (χ0n) is 14.9. The molecule has 0 saturated heterocycles. The topological polar surface area (TPSA) is 55.4 Å². The Labute approximate surface area is 168 Å². The van der Waals surface area contributed by atoms with Crippen LogP contribution in [0.15, 0.2) is 24.3 Å². The van der Waals surface area contributed by atoms with E-state index in [1.807, 2.05) is 0 Å². The molecule has 0 fully saturated rings. The maximum absolute atomic E-state index is 13.7. The van der Waals surface area contributed by atoms with E-state index in [-0.39, 0.29) is 5.56 Å². The van der Waals surface area contributed by atoms with Gasteiger partial charge in [-0.15, -0.1) is 0 Å². The molecule has 32 heavy (non-hydrogen) atoms. The van der Waals surface area contributed by atoms with Gasteiger partial charge in [0, 0.05) is 5.69 Å². The Morgan fingerprint density at radius 1 is 0.688 bits per heavy atom. The molecule has 1 N–H and O–H groups in total. The molecule has 0 aliphatic carbocycles. The molecular formula is C15H8F13NO3. The number of halogens is 13. The van der Waals surface area contributed by atoms with E-state index in [1.165, 1.54) is 0 Å². The molecule has 0 bridgehead atoms. The molecule has 182 valence electrons. The Morgan fingerprint density at radius 3 is 1.47 bits per heavy atom. The minimum Gasteiger partial charge on any atom is -0.465 e. The van der Waals surface area contributed by atoms with Crippen LogP contribution in [0.1, 0.15) is 10.4 Å². The maximum Gasteiger partial charge on any atom is 0.460 e. The van der Waals surface area contributed by atoms with Gasteiger partial charge in [-0.2, -0.15) is 57.1 Å². The molecule has 1 rings (SSSR count). The van der Waals surface area contributed by atoms with Crippen LogP contribution in [-0.4, -0.2) is 54.8 Å². The number of rotatable bonds is 7. The van der Waals surface area contributed by atoms with E-state index in [1.54, 1.807) is 0 Å². The first-order valence-corrected chi connectivity index (χ1v) is 7.55. The van der Waals surface area contributed by atoms with Crippen LogP contribution in [0.4, 0.5) is 62.8 Å². The van der Waals surface area contributed by atoms with E-state index in [4.69, 9.17) is 0 Å². The largest absolute Gasteiger partial charge is 0.465 e. The second-order valence-electron chi connectivity index (χ2n) is 5.89. The summed E-state index contributed by atoms with van der Waals surface area (Å²) in [6.45, 7) is 0. The smallest absolute Gasteiger partial charge is 0.460 e. The van der Waals surface area contributed by atoms with Crippen molar-refractivity contribution in [2.45, 2.75) is 35.8 Å². The maximum atomic E-state index is 13.7. The fraction of sp³-hybridized carbons (Fsp3) is 0.467. The Kier molecular flexibility index (Phi) is 6.81. The molecule has 1 aromatic rings. The Balaban J connectivity index is 3.32. The van der Waals surface area contributed by atoms with Crippen molar-refractivity contribution >= 4 is 17.6 Å². The summed E-state index contributed by atoms with van der Waals surface area (Å²) in [4.78, 5) is 22.5. The predicted octanol–water partition coefficient (Wildman–Crippen LogP) is 5.15. The molecule has 0 aliphatic heterocycles. The van der Waals surface area contributed by atoms with Crippen LogP contribution < -0.4 is 5.32 Å². The van der Waals surface area contributed by atoms with E-state index in [2.05, 4.69) is 4.74 Å². The van der Waals surface area contributed by atoms with E-state index in [9.17, 15) is 66.7 Å². The van der Waals surface area contributed by atoms with Crippen LogP contribution in [0.3, 0.4) is 0 Å². The number of esters is 1. The van der Waals surface area contributed by atoms with Crippen molar-refractivity contribution in [1.29, 1.82) is 0 Å². The van der Waals surface area contributed by atoms with Gasteiger partial charge in [-0.1, -0.05) is 0 Å². The lowest BCUT2D eigenvalue weighted by molar-refractivity contribution is -0.435. The van der Waals surface area contributed by atoms with Crippen LogP contribution in [0, 0.1) is 0 Å². The van der Waals surface area contributed by atoms with E-state index >= 15 is 0 Å². The van der Waals surface area contributed by atoms with Gasteiger partial charge in [0.05, 0.1) is 12.7 Å². The standard InChI is InChI=1S/C15H8F13NO3/c1-32-8(30)6-2-4-7(5-3-6)29-9(31)10(16,17)11(18,19)12(20,21)13(22,23)14(24,25)15(26,27)28/h2-5H,1H3,(H,29,31). The highest BCUT2D eigenvalue weighted by Crippen LogP contribution is 2.60. The molecule has 0 heterocycles. The van der Waals surface area contributed by atoms with Crippen molar-refractivity contribution < 1.29 is 71.4 Å². The average molecular weight is 497 g/mol. The van der Waals surface area contributed by atoms with Gasteiger partial charge in [-0.3, -0.25) is 4.79 Å². The molecular weight excluding hydrogens is 489 g/mol. The van der Waals surface area contributed by atoms with Crippen LogP contribution >= 0.6 is 0 Å². The first-order chi connectivity index (χ1) is 14.1. The molecule has 1 aromatic carbocycles. The number of ether oxygens (including phenoxy) is 1. The molecule has 0 aromatic heterocycles. The number of carbonyl (C=O) groups is 2. The zero-order chi connectivity index (χ0) is 25.6. The first-order valence-electron chi connectivity index (χ1n) is 7.55. The van der Waals surface area contributed by atoms with E-state index in [0.29, 0.717) is 12.1 Å². The molecule has 1 amide bonds. The number of amides is 1.